The van der Waals surface area contributed by atoms with Crippen LogP contribution in [0, 0.1) is 0 Å². The molecule has 34 heavy (non-hydrogen) atoms. The van der Waals surface area contributed by atoms with Crippen LogP contribution in [0.2, 0.25) is 0 Å². The van der Waals surface area contributed by atoms with E-state index in [1.807, 2.05) is 12.2 Å². The van der Waals surface area contributed by atoms with Crippen molar-refractivity contribution in [1.82, 2.24) is 0 Å². The van der Waals surface area contributed by atoms with E-state index in [4.69, 9.17) is 0 Å². The van der Waals surface area contributed by atoms with Crippen molar-refractivity contribution in [3.05, 3.63) is 84.4 Å². The first kappa shape index (κ1) is 28.4. The SMILES string of the molecule is CCCCCCCC=C=CC1(S(=O)C2(C=C=CCCCCCCC)C=CC=CC2)C=CC=CC1. The molecule has 2 heteroatoms. The monoisotopic (exact) mass is 478 g/mol. The Hall–Kier alpha value is -1.85. The third kappa shape index (κ3) is 9.42. The Morgan fingerprint density at radius 2 is 1.12 bits per heavy atom. The summed E-state index contributed by atoms with van der Waals surface area (Å²) in [5.74, 6) is 0. The summed E-state index contributed by atoms with van der Waals surface area (Å²) < 4.78 is 13.2. The second-order valence-corrected chi connectivity index (χ2v) is 11.7. The Labute approximate surface area is 212 Å². The molecule has 0 bridgehead atoms. The normalized spacial score (nSPS) is 23.7. The van der Waals surface area contributed by atoms with Gasteiger partial charge in [-0.25, -0.2) is 0 Å². The molecule has 0 saturated carbocycles. The molecule has 0 aromatic heterocycles. The molecule has 0 amide bonds. The molecule has 0 N–H and O–H groups in total. The highest BCUT2D eigenvalue weighted by atomic mass is 32.2. The molecule has 0 radical (unpaired) electrons. The van der Waals surface area contributed by atoms with E-state index in [1.165, 1.54) is 64.2 Å². The van der Waals surface area contributed by atoms with Gasteiger partial charge in [-0.3, -0.25) is 4.21 Å². The van der Waals surface area contributed by atoms with Gasteiger partial charge in [-0.05, 0) is 62.8 Å². The fourth-order valence-corrected chi connectivity index (χ4v) is 6.41. The highest BCUT2D eigenvalue weighted by Crippen LogP contribution is 2.38. The van der Waals surface area contributed by atoms with Crippen LogP contribution in [0.1, 0.15) is 104 Å². The van der Waals surface area contributed by atoms with Crippen molar-refractivity contribution in [3.63, 3.8) is 0 Å². The standard InChI is InChI=1S/C32H46OS/c1-3-5-7-9-11-13-15-19-25-31(27-21-17-22-28-31)34(33)32(29-23-18-24-30-32)26-20-16-14-12-10-8-6-4-2/h15-18,21-27,29H,3-14,28,30H2,1-2H3. The van der Waals surface area contributed by atoms with Crippen LogP contribution < -0.4 is 0 Å². The van der Waals surface area contributed by atoms with E-state index in [0.717, 1.165) is 25.7 Å². The van der Waals surface area contributed by atoms with Gasteiger partial charge in [0.2, 0.25) is 0 Å². The van der Waals surface area contributed by atoms with Gasteiger partial charge in [0.25, 0.3) is 0 Å². The Morgan fingerprint density at radius 1 is 0.676 bits per heavy atom. The van der Waals surface area contributed by atoms with Gasteiger partial charge in [0.15, 0.2) is 0 Å². The van der Waals surface area contributed by atoms with Crippen LogP contribution in [0.5, 0.6) is 0 Å². The van der Waals surface area contributed by atoms with Crippen LogP contribution in [0.4, 0.5) is 0 Å². The fraction of sp³-hybridized carbons (Fsp3) is 0.562. The summed E-state index contributed by atoms with van der Waals surface area (Å²) in [6.07, 6.45) is 41.4. The molecule has 0 heterocycles. The number of rotatable bonds is 16. The van der Waals surface area contributed by atoms with Gasteiger partial charge in [0.05, 0.1) is 20.3 Å². The average Bonchev–Trinajstić information content (AvgIpc) is 2.88. The first-order valence-corrected chi connectivity index (χ1v) is 14.8. The van der Waals surface area contributed by atoms with Crippen molar-refractivity contribution in [3.8, 4) is 0 Å². The van der Waals surface area contributed by atoms with Crippen molar-refractivity contribution in [2.45, 2.75) is 113 Å². The molecular formula is C32H46OS. The van der Waals surface area contributed by atoms with Gasteiger partial charge in [-0.1, -0.05) is 114 Å². The summed E-state index contributed by atoms with van der Waals surface area (Å²) in [6.45, 7) is 4.50. The summed E-state index contributed by atoms with van der Waals surface area (Å²) in [5, 5.41) is 0. The van der Waals surface area contributed by atoms with E-state index in [9.17, 15) is 4.21 Å². The van der Waals surface area contributed by atoms with Crippen molar-refractivity contribution >= 4 is 10.8 Å². The van der Waals surface area contributed by atoms with Gasteiger partial charge in [0.1, 0.15) is 0 Å². The maximum atomic E-state index is 14.2. The van der Waals surface area contributed by atoms with Crippen molar-refractivity contribution in [2.24, 2.45) is 0 Å². The minimum Gasteiger partial charge on any atom is -0.257 e. The number of hydrogen-bond donors (Lipinski definition) is 0. The third-order valence-electron chi connectivity index (χ3n) is 6.61. The lowest BCUT2D eigenvalue weighted by Crippen LogP contribution is -2.44. The maximum absolute atomic E-state index is 14.2. The molecule has 2 rings (SSSR count). The van der Waals surface area contributed by atoms with E-state index < -0.39 is 20.3 Å². The van der Waals surface area contributed by atoms with Gasteiger partial charge in [-0.2, -0.15) is 0 Å². The molecule has 2 atom stereocenters. The summed E-state index contributed by atoms with van der Waals surface area (Å²) in [6, 6.07) is 0. The lowest BCUT2D eigenvalue weighted by Gasteiger charge is -2.36. The second-order valence-electron chi connectivity index (χ2n) is 9.60. The number of unbranched alkanes of at least 4 members (excludes halogenated alkanes) is 10. The number of allylic oxidation sites excluding steroid dienone is 6. The molecule has 0 fully saturated rings. The van der Waals surface area contributed by atoms with Gasteiger partial charge < -0.3 is 0 Å². The molecule has 2 aliphatic carbocycles. The fourth-order valence-electron chi connectivity index (χ4n) is 4.45. The van der Waals surface area contributed by atoms with Crippen LogP contribution in [0.3, 0.4) is 0 Å². The molecule has 186 valence electrons. The van der Waals surface area contributed by atoms with Crippen LogP contribution in [-0.4, -0.2) is 13.7 Å². The highest BCUT2D eigenvalue weighted by Gasteiger charge is 2.43. The summed E-state index contributed by atoms with van der Waals surface area (Å²) >= 11 is 0. The Bertz CT molecular complexity index is 787. The lowest BCUT2D eigenvalue weighted by molar-refractivity contribution is 0.637. The topological polar surface area (TPSA) is 17.1 Å². The van der Waals surface area contributed by atoms with Crippen molar-refractivity contribution in [2.75, 3.05) is 0 Å². The molecule has 0 aliphatic heterocycles. The highest BCUT2D eigenvalue weighted by molar-refractivity contribution is 7.88. The number of hydrogen-bond acceptors (Lipinski definition) is 1. The minimum absolute atomic E-state index is 0.540. The van der Waals surface area contributed by atoms with E-state index in [-0.39, 0.29) is 0 Å². The largest absolute Gasteiger partial charge is 0.257 e. The Kier molecular flexibility index (Phi) is 14.0. The zero-order valence-electron chi connectivity index (χ0n) is 21.6. The minimum atomic E-state index is -1.19. The van der Waals surface area contributed by atoms with Crippen LogP contribution in [-0.2, 0) is 10.8 Å². The average molecular weight is 479 g/mol. The van der Waals surface area contributed by atoms with Crippen LogP contribution in [0.25, 0.3) is 0 Å². The summed E-state index contributed by atoms with van der Waals surface area (Å²) in [7, 11) is -1.19. The van der Waals surface area contributed by atoms with E-state index in [2.05, 4.69) is 86.1 Å². The molecular weight excluding hydrogens is 432 g/mol. The quantitative estimate of drug-likeness (QED) is 0.159. The first-order valence-electron chi connectivity index (χ1n) is 13.6. The molecule has 0 aromatic carbocycles. The Morgan fingerprint density at radius 3 is 1.50 bits per heavy atom. The smallest absolute Gasteiger partial charge is 0.0941 e. The zero-order chi connectivity index (χ0) is 24.4. The third-order valence-corrected chi connectivity index (χ3v) is 8.83. The molecule has 0 spiro atoms. The summed E-state index contributed by atoms with van der Waals surface area (Å²) in [4.78, 5) is 0. The molecule has 1 nitrogen and oxygen atoms in total. The van der Waals surface area contributed by atoms with Gasteiger partial charge in [0, 0.05) is 0 Å². The molecule has 2 aliphatic rings. The van der Waals surface area contributed by atoms with E-state index in [0.29, 0.717) is 0 Å². The summed E-state index contributed by atoms with van der Waals surface area (Å²) in [5.41, 5.74) is 6.82. The van der Waals surface area contributed by atoms with Crippen LogP contribution >= 0.6 is 0 Å². The predicted molar refractivity (Wildman–Crippen MR) is 151 cm³/mol. The van der Waals surface area contributed by atoms with E-state index >= 15 is 0 Å². The van der Waals surface area contributed by atoms with Gasteiger partial charge >= 0.3 is 0 Å². The van der Waals surface area contributed by atoms with E-state index in [1.54, 1.807) is 0 Å². The molecule has 0 saturated heterocycles. The molecule has 2 unspecified atom stereocenters. The molecule has 0 aromatic rings. The lowest BCUT2D eigenvalue weighted by atomic mass is 9.98. The van der Waals surface area contributed by atoms with Crippen LogP contribution in [0.15, 0.2) is 84.4 Å². The van der Waals surface area contributed by atoms with Gasteiger partial charge in [-0.15, -0.1) is 11.5 Å². The Balaban J connectivity index is 2.13. The zero-order valence-corrected chi connectivity index (χ0v) is 22.5. The maximum Gasteiger partial charge on any atom is 0.0941 e. The van der Waals surface area contributed by atoms with Crippen molar-refractivity contribution in [1.29, 1.82) is 0 Å². The van der Waals surface area contributed by atoms with Crippen molar-refractivity contribution < 1.29 is 4.21 Å². The second kappa shape index (κ2) is 16.7. The predicted octanol–water partition coefficient (Wildman–Crippen LogP) is 9.39. The first-order chi connectivity index (χ1) is 16.7.